The number of methoxy groups -OCH3 is 1. The Hall–Kier alpha value is -3.59. The average molecular weight is 508 g/mol. The molecule has 0 bridgehead atoms. The Morgan fingerprint density at radius 3 is 2.62 bits per heavy atom. The number of hydrogen-bond acceptors (Lipinski definition) is 6. The van der Waals surface area contributed by atoms with Crippen LogP contribution in [0.3, 0.4) is 0 Å². The zero-order valence-electron chi connectivity index (χ0n) is 21.2. The third-order valence-corrected chi connectivity index (χ3v) is 7.52. The van der Waals surface area contributed by atoms with Gasteiger partial charge in [0, 0.05) is 30.4 Å². The fourth-order valence-electron chi connectivity index (χ4n) is 5.14. The molecule has 2 aromatic rings. The Bertz CT molecular complexity index is 1180. The predicted octanol–water partition coefficient (Wildman–Crippen LogP) is 3.84. The highest BCUT2D eigenvalue weighted by Crippen LogP contribution is 2.33. The maximum Gasteiger partial charge on any atom is 0.257 e. The summed E-state index contributed by atoms with van der Waals surface area (Å²) in [5.41, 5.74) is 1.68. The van der Waals surface area contributed by atoms with Crippen LogP contribution in [-0.4, -0.2) is 61.6 Å². The number of hydrogen-bond donors (Lipinski definition) is 2. The number of likely N-dealkylation sites (N-methyl/N-ethyl adjacent to an activating group) is 1. The molecule has 1 aliphatic carbocycles. The highest BCUT2D eigenvalue weighted by Gasteiger charge is 2.39. The molecule has 0 unspecified atom stereocenters. The molecule has 0 radical (unpaired) electrons. The maximum absolute atomic E-state index is 13.4. The number of benzene rings is 2. The fourth-order valence-corrected chi connectivity index (χ4v) is 5.14. The van der Waals surface area contributed by atoms with Gasteiger partial charge in [0.15, 0.2) is 0 Å². The Labute approximate surface area is 216 Å². The first-order valence-electron chi connectivity index (χ1n) is 12.9. The number of rotatable bonds is 6. The van der Waals surface area contributed by atoms with E-state index in [9.17, 15) is 14.4 Å². The van der Waals surface area contributed by atoms with Gasteiger partial charge in [-0.2, -0.15) is 0 Å². The molecule has 0 spiro atoms. The summed E-state index contributed by atoms with van der Waals surface area (Å²) in [5, 5.41) is 5.83. The van der Waals surface area contributed by atoms with E-state index in [0.29, 0.717) is 41.3 Å². The Morgan fingerprint density at radius 2 is 1.86 bits per heavy atom. The van der Waals surface area contributed by atoms with E-state index in [0.717, 1.165) is 19.3 Å². The summed E-state index contributed by atoms with van der Waals surface area (Å²) in [6, 6.07) is 12.2. The lowest BCUT2D eigenvalue weighted by Gasteiger charge is -2.42. The number of carbonyl (C=O) groups excluding carboxylic acids is 3. The van der Waals surface area contributed by atoms with Crippen LogP contribution in [0.4, 0.5) is 11.4 Å². The Balaban J connectivity index is 1.23. The molecule has 2 aromatic carbocycles. The topological polar surface area (TPSA) is 106 Å². The van der Waals surface area contributed by atoms with E-state index in [-0.39, 0.29) is 54.9 Å². The van der Waals surface area contributed by atoms with Crippen molar-refractivity contribution in [1.82, 2.24) is 4.90 Å². The normalized spacial score (nSPS) is 23.4. The minimum atomic E-state index is -0.358. The van der Waals surface area contributed by atoms with Gasteiger partial charge < -0.3 is 29.7 Å². The van der Waals surface area contributed by atoms with E-state index in [1.807, 2.05) is 18.2 Å². The van der Waals surface area contributed by atoms with Crippen LogP contribution < -0.4 is 20.1 Å². The van der Waals surface area contributed by atoms with Gasteiger partial charge in [-0.15, -0.1) is 0 Å². The zero-order chi connectivity index (χ0) is 25.9. The number of nitrogens with one attached hydrogen (secondary N) is 2. The highest BCUT2D eigenvalue weighted by atomic mass is 16.5. The lowest BCUT2D eigenvalue weighted by molar-refractivity contribution is -0.130. The van der Waals surface area contributed by atoms with Gasteiger partial charge in [-0.25, -0.2) is 0 Å². The molecular weight excluding hydrogens is 474 g/mol. The molecule has 9 nitrogen and oxygen atoms in total. The minimum Gasteiger partial charge on any atom is -0.497 e. The van der Waals surface area contributed by atoms with Gasteiger partial charge in [0.2, 0.25) is 11.8 Å². The molecule has 9 heteroatoms. The monoisotopic (exact) mass is 507 g/mol. The van der Waals surface area contributed by atoms with Crippen LogP contribution in [0.2, 0.25) is 0 Å². The summed E-state index contributed by atoms with van der Waals surface area (Å²) < 4.78 is 17.5. The molecule has 1 saturated heterocycles. The van der Waals surface area contributed by atoms with Crippen molar-refractivity contribution in [3.8, 4) is 11.5 Å². The second-order valence-electron chi connectivity index (χ2n) is 9.98. The Kier molecular flexibility index (Phi) is 7.32. The van der Waals surface area contributed by atoms with Crippen molar-refractivity contribution in [3.05, 3.63) is 48.0 Å². The van der Waals surface area contributed by atoms with E-state index in [1.54, 1.807) is 43.3 Å². The quantitative estimate of drug-likeness (QED) is 0.615. The molecule has 3 amide bonds. The first-order chi connectivity index (χ1) is 17.9. The highest BCUT2D eigenvalue weighted by molar-refractivity contribution is 6.00. The number of nitrogens with zero attached hydrogens (tertiary/aromatic N) is 1. The Morgan fingerprint density at radius 1 is 1.05 bits per heavy atom. The molecule has 0 aromatic heterocycles. The fraction of sp³-hybridized carbons (Fsp3) is 0.464. The number of ether oxygens (including phenoxy) is 3. The van der Waals surface area contributed by atoms with Crippen LogP contribution in [0.5, 0.6) is 11.5 Å². The smallest absolute Gasteiger partial charge is 0.257 e. The summed E-state index contributed by atoms with van der Waals surface area (Å²) in [4.78, 5) is 40.1. The van der Waals surface area contributed by atoms with Gasteiger partial charge in [0.1, 0.15) is 24.2 Å². The summed E-state index contributed by atoms with van der Waals surface area (Å²) >= 11 is 0. The van der Waals surface area contributed by atoms with Gasteiger partial charge >= 0.3 is 0 Å². The summed E-state index contributed by atoms with van der Waals surface area (Å²) in [6.07, 6.45) is 3.82. The third kappa shape index (κ3) is 5.56. The second kappa shape index (κ2) is 10.8. The number of carbonyl (C=O) groups is 3. The van der Waals surface area contributed by atoms with Crippen LogP contribution in [0.25, 0.3) is 0 Å². The van der Waals surface area contributed by atoms with E-state index < -0.39 is 0 Å². The first-order valence-corrected chi connectivity index (χ1v) is 12.9. The molecule has 37 heavy (non-hydrogen) atoms. The lowest BCUT2D eigenvalue weighted by atomic mass is 9.85. The van der Waals surface area contributed by atoms with Gasteiger partial charge in [-0.3, -0.25) is 14.4 Å². The summed E-state index contributed by atoms with van der Waals surface area (Å²) in [5.74, 6) is 0.862. The number of anilines is 2. The molecule has 2 fully saturated rings. The van der Waals surface area contributed by atoms with Crippen LogP contribution in [0, 0.1) is 5.92 Å². The summed E-state index contributed by atoms with van der Waals surface area (Å²) in [7, 11) is 3.35. The van der Waals surface area contributed by atoms with Gasteiger partial charge in [0.05, 0.1) is 31.2 Å². The van der Waals surface area contributed by atoms with Gasteiger partial charge in [0.25, 0.3) is 5.91 Å². The van der Waals surface area contributed by atoms with Crippen molar-refractivity contribution in [2.24, 2.45) is 5.92 Å². The lowest BCUT2D eigenvalue weighted by Crippen LogP contribution is -2.53. The standard InChI is InChI=1S/C28H33N3O6/c1-31-23-11-10-21(15-26(32)29-18-7-4-8-20(13-18)35-2)37-25(23)16-36-24-12-9-19(14-22(24)28(31)34)30-27(33)17-5-3-6-17/h4,7-9,12-14,17,21,23,25H,3,5-6,10-11,15-16H2,1-2H3,(H,29,32)(H,30,33)/t21-,23+,25+/m1/s1. The van der Waals surface area contributed by atoms with Crippen LogP contribution in [-0.2, 0) is 14.3 Å². The van der Waals surface area contributed by atoms with Crippen LogP contribution in [0.15, 0.2) is 42.5 Å². The second-order valence-corrected chi connectivity index (χ2v) is 9.98. The van der Waals surface area contributed by atoms with Crippen molar-refractivity contribution in [2.75, 3.05) is 31.4 Å². The van der Waals surface area contributed by atoms with Crippen molar-refractivity contribution >= 4 is 29.1 Å². The van der Waals surface area contributed by atoms with Gasteiger partial charge in [-0.05, 0) is 56.0 Å². The average Bonchev–Trinajstić information content (AvgIpc) is 2.85. The van der Waals surface area contributed by atoms with Gasteiger partial charge in [-0.1, -0.05) is 12.5 Å². The molecule has 3 atom stereocenters. The summed E-state index contributed by atoms with van der Waals surface area (Å²) in [6.45, 7) is 0.261. The van der Waals surface area contributed by atoms with Crippen molar-refractivity contribution in [1.29, 1.82) is 0 Å². The molecule has 2 aliphatic heterocycles. The van der Waals surface area contributed by atoms with E-state index in [2.05, 4.69) is 10.6 Å². The molecule has 5 rings (SSSR count). The van der Waals surface area contributed by atoms with E-state index >= 15 is 0 Å². The SMILES string of the molecule is COc1cccc(NC(=O)C[C@H]2CC[C@H]3[C@H](COc4ccc(NC(=O)C5CCC5)cc4C(=O)N3C)O2)c1. The van der Waals surface area contributed by atoms with Crippen molar-refractivity contribution in [2.45, 2.75) is 56.8 Å². The maximum atomic E-state index is 13.4. The number of amides is 3. The van der Waals surface area contributed by atoms with Crippen LogP contribution in [0.1, 0.15) is 48.9 Å². The molecule has 3 aliphatic rings. The van der Waals surface area contributed by atoms with Crippen molar-refractivity contribution in [3.63, 3.8) is 0 Å². The molecule has 1 saturated carbocycles. The zero-order valence-corrected chi connectivity index (χ0v) is 21.2. The van der Waals surface area contributed by atoms with E-state index in [4.69, 9.17) is 14.2 Å². The van der Waals surface area contributed by atoms with E-state index in [1.165, 1.54) is 0 Å². The largest absolute Gasteiger partial charge is 0.497 e. The van der Waals surface area contributed by atoms with Crippen molar-refractivity contribution < 1.29 is 28.6 Å². The molecule has 196 valence electrons. The predicted molar refractivity (Wildman–Crippen MR) is 138 cm³/mol. The van der Waals surface area contributed by atoms with Crippen LogP contribution >= 0.6 is 0 Å². The minimum absolute atomic E-state index is 0.000918. The third-order valence-electron chi connectivity index (χ3n) is 7.52. The first kappa shape index (κ1) is 25.1. The molecular formula is C28H33N3O6. The molecule has 2 N–H and O–H groups in total. The molecule has 2 heterocycles. The number of fused-ring (bicyclic) bond motifs is 2.